The maximum atomic E-state index is 12.9. The van der Waals surface area contributed by atoms with Crippen molar-refractivity contribution in [3.63, 3.8) is 0 Å². The minimum atomic E-state index is -0.367. The molecule has 0 bridgehead atoms. The zero-order valence-electron chi connectivity index (χ0n) is 15.8. The number of carbonyl (C=O) groups is 2. The third-order valence-corrected chi connectivity index (χ3v) is 4.06. The maximum absolute atomic E-state index is 12.9. The Balaban J connectivity index is 1.56. The molecule has 0 spiro atoms. The average Bonchev–Trinajstić information content (AvgIpc) is 2.74. The number of pyridine rings is 1. The van der Waals surface area contributed by atoms with Crippen molar-refractivity contribution in [2.75, 3.05) is 11.9 Å². The van der Waals surface area contributed by atoms with Gasteiger partial charge in [0.25, 0.3) is 5.91 Å². The van der Waals surface area contributed by atoms with Gasteiger partial charge >= 0.3 is 5.97 Å². The third-order valence-electron chi connectivity index (χ3n) is 4.06. The van der Waals surface area contributed by atoms with Crippen LogP contribution in [-0.4, -0.2) is 23.5 Å². The zero-order chi connectivity index (χ0) is 20.6. The van der Waals surface area contributed by atoms with Crippen molar-refractivity contribution in [1.82, 2.24) is 10.3 Å². The highest BCUT2D eigenvalue weighted by Crippen LogP contribution is 2.16. The van der Waals surface area contributed by atoms with E-state index in [9.17, 15) is 14.0 Å². The molecule has 0 unspecified atom stereocenters. The Labute approximate surface area is 167 Å². The molecule has 1 aromatic heterocycles. The van der Waals surface area contributed by atoms with E-state index >= 15 is 0 Å². The van der Waals surface area contributed by atoms with Gasteiger partial charge in [-0.1, -0.05) is 12.1 Å². The predicted molar refractivity (Wildman–Crippen MR) is 107 cm³/mol. The monoisotopic (exact) mass is 393 g/mol. The minimum absolute atomic E-state index is 0.271. The fourth-order valence-corrected chi connectivity index (χ4v) is 2.54. The molecule has 1 amide bonds. The first-order chi connectivity index (χ1) is 14.0. The van der Waals surface area contributed by atoms with Gasteiger partial charge in [0.05, 0.1) is 17.7 Å². The van der Waals surface area contributed by atoms with Crippen LogP contribution < -0.4 is 10.6 Å². The lowest BCUT2D eigenvalue weighted by molar-refractivity contribution is 0.0526. The van der Waals surface area contributed by atoms with Gasteiger partial charge in [-0.3, -0.25) is 4.79 Å². The molecule has 29 heavy (non-hydrogen) atoms. The van der Waals surface area contributed by atoms with Crippen LogP contribution in [0.25, 0.3) is 0 Å². The summed E-state index contributed by atoms with van der Waals surface area (Å²) in [6.45, 7) is 2.38. The molecule has 6 nitrogen and oxygen atoms in total. The number of anilines is 2. The molecule has 7 heteroatoms. The summed E-state index contributed by atoms with van der Waals surface area (Å²) in [5.74, 6) is -0.396. The number of halogens is 1. The number of esters is 1. The summed E-state index contributed by atoms with van der Waals surface area (Å²) in [6.07, 6.45) is 1.47. The van der Waals surface area contributed by atoms with Crippen molar-refractivity contribution in [2.24, 2.45) is 0 Å². The zero-order valence-corrected chi connectivity index (χ0v) is 15.8. The summed E-state index contributed by atoms with van der Waals surface area (Å²) in [5, 5.41) is 5.87. The number of nitrogens with zero attached hydrogens (tertiary/aromatic N) is 1. The van der Waals surface area contributed by atoms with E-state index in [0.717, 1.165) is 11.3 Å². The molecule has 3 aromatic rings. The molecule has 0 atom stereocenters. The fourth-order valence-electron chi connectivity index (χ4n) is 2.54. The van der Waals surface area contributed by atoms with Gasteiger partial charge in [0, 0.05) is 18.4 Å². The lowest BCUT2D eigenvalue weighted by Crippen LogP contribution is -2.22. The lowest BCUT2D eigenvalue weighted by atomic mass is 10.2. The molecule has 0 aliphatic rings. The van der Waals surface area contributed by atoms with E-state index in [0.29, 0.717) is 30.1 Å². The molecule has 2 N–H and O–H groups in total. The molecule has 148 valence electrons. The predicted octanol–water partition coefficient (Wildman–Crippen LogP) is 4.07. The number of carbonyl (C=O) groups excluding carboxylic acids is 2. The van der Waals surface area contributed by atoms with Gasteiger partial charge in [0.2, 0.25) is 0 Å². The van der Waals surface area contributed by atoms with E-state index in [4.69, 9.17) is 4.74 Å². The number of ether oxygens (including phenoxy) is 1. The molecule has 2 aromatic carbocycles. The van der Waals surface area contributed by atoms with Gasteiger partial charge < -0.3 is 15.4 Å². The Morgan fingerprint density at radius 2 is 1.66 bits per heavy atom. The molecular formula is C22H20FN3O3. The molecule has 3 rings (SSSR count). The van der Waals surface area contributed by atoms with E-state index in [-0.39, 0.29) is 17.7 Å². The van der Waals surface area contributed by atoms with Crippen LogP contribution in [-0.2, 0) is 11.3 Å². The topological polar surface area (TPSA) is 80.3 Å². The van der Waals surface area contributed by atoms with Crippen LogP contribution in [0.2, 0.25) is 0 Å². The minimum Gasteiger partial charge on any atom is -0.462 e. The van der Waals surface area contributed by atoms with Crippen LogP contribution in [0.1, 0.15) is 33.2 Å². The van der Waals surface area contributed by atoms with E-state index in [1.807, 2.05) is 0 Å². The summed E-state index contributed by atoms with van der Waals surface area (Å²) < 4.78 is 17.9. The van der Waals surface area contributed by atoms with Gasteiger partial charge in [-0.15, -0.1) is 0 Å². The number of amides is 1. The molecule has 1 heterocycles. The quantitative estimate of drug-likeness (QED) is 0.592. The summed E-state index contributed by atoms with van der Waals surface area (Å²) in [4.78, 5) is 28.1. The van der Waals surface area contributed by atoms with Crippen molar-refractivity contribution in [3.8, 4) is 0 Å². The first-order valence-electron chi connectivity index (χ1n) is 9.08. The first kappa shape index (κ1) is 20.0. The normalized spacial score (nSPS) is 10.3. The molecule has 0 saturated carbocycles. The summed E-state index contributed by atoms with van der Waals surface area (Å²) in [5.41, 5.74) is 2.44. The first-order valence-corrected chi connectivity index (χ1v) is 9.08. The average molecular weight is 393 g/mol. The second kappa shape index (κ2) is 9.45. The molecule has 0 aliphatic carbocycles. The van der Waals surface area contributed by atoms with E-state index < -0.39 is 0 Å². The van der Waals surface area contributed by atoms with Crippen LogP contribution in [0.3, 0.4) is 0 Å². The molecule has 0 radical (unpaired) electrons. The maximum Gasteiger partial charge on any atom is 0.338 e. The number of nitrogens with one attached hydrogen (secondary N) is 2. The highest BCUT2D eigenvalue weighted by atomic mass is 19.1. The van der Waals surface area contributed by atoms with Crippen LogP contribution in [0.4, 0.5) is 15.9 Å². The SMILES string of the molecule is CCOC(=O)c1ccc(Nc2ccc(C(=O)NCc3ccc(F)cc3)cn2)cc1. The van der Waals surface area contributed by atoms with Crippen molar-refractivity contribution < 1.29 is 18.7 Å². The van der Waals surface area contributed by atoms with Crippen molar-refractivity contribution in [1.29, 1.82) is 0 Å². The van der Waals surface area contributed by atoms with E-state index in [1.165, 1.54) is 18.3 Å². The lowest BCUT2D eigenvalue weighted by Gasteiger charge is -2.08. The van der Waals surface area contributed by atoms with Crippen LogP contribution in [0.5, 0.6) is 0 Å². The largest absolute Gasteiger partial charge is 0.462 e. The number of hydrogen-bond acceptors (Lipinski definition) is 5. The Kier molecular flexibility index (Phi) is 6.52. The molecule has 0 fully saturated rings. The van der Waals surface area contributed by atoms with E-state index in [1.54, 1.807) is 55.5 Å². The second-order valence-corrected chi connectivity index (χ2v) is 6.16. The Hall–Kier alpha value is -3.74. The van der Waals surface area contributed by atoms with Crippen LogP contribution in [0, 0.1) is 5.82 Å². The van der Waals surface area contributed by atoms with E-state index in [2.05, 4.69) is 15.6 Å². The Morgan fingerprint density at radius 1 is 0.966 bits per heavy atom. The fraction of sp³-hybridized carbons (Fsp3) is 0.136. The number of aromatic nitrogens is 1. The second-order valence-electron chi connectivity index (χ2n) is 6.16. The number of hydrogen-bond donors (Lipinski definition) is 2. The Morgan fingerprint density at radius 3 is 2.28 bits per heavy atom. The van der Waals surface area contributed by atoms with Gasteiger partial charge in [0.1, 0.15) is 11.6 Å². The van der Waals surface area contributed by atoms with Crippen molar-refractivity contribution >= 4 is 23.4 Å². The summed E-state index contributed by atoms with van der Waals surface area (Å²) in [7, 11) is 0. The smallest absolute Gasteiger partial charge is 0.338 e. The van der Waals surface area contributed by atoms with Gasteiger partial charge in [-0.05, 0) is 61.0 Å². The summed E-state index contributed by atoms with van der Waals surface area (Å²) >= 11 is 0. The molecule has 0 saturated heterocycles. The van der Waals surface area contributed by atoms with Gasteiger partial charge in [0.15, 0.2) is 0 Å². The number of rotatable bonds is 7. The Bertz CT molecular complexity index is 972. The van der Waals surface area contributed by atoms with Crippen LogP contribution in [0.15, 0.2) is 66.9 Å². The highest BCUT2D eigenvalue weighted by Gasteiger charge is 2.08. The molecular weight excluding hydrogens is 373 g/mol. The van der Waals surface area contributed by atoms with Gasteiger partial charge in [-0.2, -0.15) is 0 Å². The highest BCUT2D eigenvalue weighted by molar-refractivity contribution is 5.94. The van der Waals surface area contributed by atoms with Crippen molar-refractivity contribution in [3.05, 3.63) is 89.4 Å². The number of benzene rings is 2. The third kappa shape index (κ3) is 5.62. The van der Waals surface area contributed by atoms with Crippen molar-refractivity contribution in [2.45, 2.75) is 13.5 Å². The molecule has 0 aliphatic heterocycles. The standard InChI is InChI=1S/C22H20FN3O3/c1-2-29-22(28)16-5-10-19(11-6-16)26-20-12-7-17(14-24-20)21(27)25-13-15-3-8-18(23)9-4-15/h3-12,14H,2,13H2,1H3,(H,24,26)(H,25,27). The van der Waals surface area contributed by atoms with Crippen LogP contribution >= 0.6 is 0 Å². The van der Waals surface area contributed by atoms with Gasteiger partial charge in [-0.25, -0.2) is 14.2 Å². The summed E-state index contributed by atoms with van der Waals surface area (Å²) in [6, 6.07) is 16.1.